The molecule has 5 heteroatoms. The molecule has 1 aliphatic heterocycles. The molecule has 0 aliphatic carbocycles. The molecule has 0 spiro atoms. The highest BCUT2D eigenvalue weighted by atomic mass is 32.2. The third-order valence-electron chi connectivity index (χ3n) is 3.06. The van der Waals surface area contributed by atoms with Crippen LogP contribution >= 0.6 is 11.8 Å². The second-order valence-electron chi connectivity index (χ2n) is 4.60. The summed E-state index contributed by atoms with van der Waals surface area (Å²) in [6, 6.07) is 0. The summed E-state index contributed by atoms with van der Waals surface area (Å²) in [5.41, 5.74) is 0. The predicted octanol–water partition coefficient (Wildman–Crippen LogP) is 1.91. The summed E-state index contributed by atoms with van der Waals surface area (Å²) in [7, 11) is 1.96. The third-order valence-corrected chi connectivity index (χ3v) is 4.34. The van der Waals surface area contributed by atoms with Gasteiger partial charge in [0.25, 0.3) is 0 Å². The Morgan fingerprint density at radius 3 is 3.24 bits per heavy atom. The fourth-order valence-corrected chi connectivity index (χ4v) is 3.27. The average Bonchev–Trinajstić information content (AvgIpc) is 2.79. The number of nitrogens with zero attached hydrogens (tertiary/aromatic N) is 2. The Morgan fingerprint density at radius 2 is 2.47 bits per heavy atom. The highest BCUT2D eigenvalue weighted by Crippen LogP contribution is 2.25. The zero-order chi connectivity index (χ0) is 11.9. The Bertz CT molecular complexity index is 323. The van der Waals surface area contributed by atoms with Gasteiger partial charge in [0.1, 0.15) is 0 Å². The van der Waals surface area contributed by atoms with Crippen LogP contribution in [0.15, 0.2) is 4.52 Å². The number of nitrogens with one attached hydrogen (secondary N) is 1. The summed E-state index contributed by atoms with van der Waals surface area (Å²) in [6.07, 6.45) is 5.58. The molecule has 17 heavy (non-hydrogen) atoms. The van der Waals surface area contributed by atoms with Gasteiger partial charge in [-0.3, -0.25) is 0 Å². The van der Waals surface area contributed by atoms with Gasteiger partial charge < -0.3 is 9.84 Å². The second-order valence-corrected chi connectivity index (χ2v) is 5.75. The van der Waals surface area contributed by atoms with Crippen molar-refractivity contribution in [1.82, 2.24) is 15.5 Å². The van der Waals surface area contributed by atoms with Crippen molar-refractivity contribution in [2.45, 2.75) is 32.1 Å². The molecule has 1 aromatic rings. The molecule has 96 valence electrons. The highest BCUT2D eigenvalue weighted by molar-refractivity contribution is 7.99. The maximum atomic E-state index is 5.31. The number of rotatable bonds is 6. The average molecular weight is 255 g/mol. The van der Waals surface area contributed by atoms with Crippen LogP contribution < -0.4 is 5.32 Å². The van der Waals surface area contributed by atoms with Gasteiger partial charge in [0, 0.05) is 12.8 Å². The summed E-state index contributed by atoms with van der Waals surface area (Å²) < 4.78 is 5.31. The van der Waals surface area contributed by atoms with Crippen molar-refractivity contribution in [3.8, 4) is 0 Å². The van der Waals surface area contributed by atoms with Crippen LogP contribution in [-0.2, 0) is 12.8 Å². The molecule has 1 atom stereocenters. The molecule has 4 nitrogen and oxygen atoms in total. The van der Waals surface area contributed by atoms with Gasteiger partial charge in [0.15, 0.2) is 5.82 Å². The van der Waals surface area contributed by atoms with E-state index in [0.29, 0.717) is 0 Å². The summed E-state index contributed by atoms with van der Waals surface area (Å²) in [6.45, 7) is 1.00. The van der Waals surface area contributed by atoms with Crippen LogP contribution in [-0.4, -0.2) is 35.2 Å². The molecule has 0 amide bonds. The fraction of sp³-hybridized carbons (Fsp3) is 0.833. The van der Waals surface area contributed by atoms with E-state index in [0.717, 1.165) is 43.4 Å². The molecule has 2 heterocycles. The van der Waals surface area contributed by atoms with E-state index in [9.17, 15) is 0 Å². The molecule has 1 N–H and O–H groups in total. The normalized spacial score (nSPS) is 20.6. The molecule has 1 unspecified atom stereocenters. The van der Waals surface area contributed by atoms with Crippen molar-refractivity contribution in [2.75, 3.05) is 25.1 Å². The quantitative estimate of drug-likeness (QED) is 0.787. The van der Waals surface area contributed by atoms with Crippen molar-refractivity contribution in [2.24, 2.45) is 5.92 Å². The molecule has 0 radical (unpaired) electrons. The Labute approximate surface area is 107 Å². The maximum Gasteiger partial charge on any atom is 0.226 e. The Kier molecular flexibility index (Phi) is 5.32. The first-order valence-electron chi connectivity index (χ1n) is 6.42. The van der Waals surface area contributed by atoms with Gasteiger partial charge in [-0.2, -0.15) is 16.7 Å². The first-order chi connectivity index (χ1) is 8.38. The lowest BCUT2D eigenvalue weighted by Gasteiger charge is -2.19. The first-order valence-corrected chi connectivity index (χ1v) is 7.57. The van der Waals surface area contributed by atoms with E-state index in [4.69, 9.17) is 4.52 Å². The third kappa shape index (κ3) is 4.32. The zero-order valence-electron chi connectivity index (χ0n) is 10.4. The van der Waals surface area contributed by atoms with E-state index in [-0.39, 0.29) is 0 Å². The highest BCUT2D eigenvalue weighted by Gasteiger charge is 2.17. The Balaban J connectivity index is 1.76. The second kappa shape index (κ2) is 7.01. The summed E-state index contributed by atoms with van der Waals surface area (Å²) in [5.74, 6) is 4.99. The molecule has 2 rings (SSSR count). The van der Waals surface area contributed by atoms with Crippen LogP contribution in [0.4, 0.5) is 0 Å². The maximum absolute atomic E-state index is 5.31. The monoisotopic (exact) mass is 255 g/mol. The molecule has 1 saturated heterocycles. The minimum Gasteiger partial charge on any atom is -0.339 e. The van der Waals surface area contributed by atoms with Gasteiger partial charge in [-0.25, -0.2) is 0 Å². The van der Waals surface area contributed by atoms with E-state index in [1.165, 1.54) is 24.3 Å². The van der Waals surface area contributed by atoms with Gasteiger partial charge in [-0.1, -0.05) is 5.16 Å². The number of hydrogen-bond acceptors (Lipinski definition) is 5. The van der Waals surface area contributed by atoms with Crippen LogP contribution in [0.5, 0.6) is 0 Å². The van der Waals surface area contributed by atoms with Crippen molar-refractivity contribution in [3.63, 3.8) is 0 Å². The van der Waals surface area contributed by atoms with Crippen LogP contribution in [0, 0.1) is 5.92 Å². The van der Waals surface area contributed by atoms with Gasteiger partial charge in [-0.15, -0.1) is 0 Å². The Hall–Kier alpha value is -0.550. The Morgan fingerprint density at radius 1 is 1.53 bits per heavy atom. The number of hydrogen-bond donors (Lipinski definition) is 1. The zero-order valence-corrected chi connectivity index (χ0v) is 11.3. The molecule has 1 fully saturated rings. The standard InChI is InChI=1S/C12H21N3OS/c1-13-6-2-5-11-14-12(16-15-11)8-10-4-3-7-17-9-10/h10,13H,2-9H2,1H3. The number of aromatic nitrogens is 2. The molecule has 0 saturated carbocycles. The van der Waals surface area contributed by atoms with E-state index < -0.39 is 0 Å². The van der Waals surface area contributed by atoms with Crippen molar-refractivity contribution in [1.29, 1.82) is 0 Å². The minimum absolute atomic E-state index is 0.736. The summed E-state index contributed by atoms with van der Waals surface area (Å²) in [4.78, 5) is 4.46. The van der Waals surface area contributed by atoms with Crippen LogP contribution in [0.25, 0.3) is 0 Å². The smallest absolute Gasteiger partial charge is 0.226 e. The van der Waals surface area contributed by atoms with Crippen LogP contribution in [0.2, 0.25) is 0 Å². The van der Waals surface area contributed by atoms with Gasteiger partial charge in [-0.05, 0) is 50.3 Å². The molecule has 0 bridgehead atoms. The van der Waals surface area contributed by atoms with Crippen molar-refractivity contribution < 1.29 is 4.52 Å². The lowest BCUT2D eigenvalue weighted by molar-refractivity contribution is 0.348. The molecule has 1 aromatic heterocycles. The van der Waals surface area contributed by atoms with Crippen LogP contribution in [0.1, 0.15) is 31.0 Å². The topological polar surface area (TPSA) is 51.0 Å². The van der Waals surface area contributed by atoms with E-state index >= 15 is 0 Å². The molecule has 1 aliphatic rings. The van der Waals surface area contributed by atoms with E-state index in [1.807, 2.05) is 18.8 Å². The van der Waals surface area contributed by atoms with Gasteiger partial charge in [0.2, 0.25) is 5.89 Å². The lowest BCUT2D eigenvalue weighted by atomic mass is 10.0. The number of thioether (sulfide) groups is 1. The van der Waals surface area contributed by atoms with E-state index in [1.54, 1.807) is 0 Å². The minimum atomic E-state index is 0.736. The lowest BCUT2D eigenvalue weighted by Crippen LogP contribution is -2.13. The molecular weight excluding hydrogens is 234 g/mol. The SMILES string of the molecule is CNCCCc1noc(CC2CCCSC2)n1. The molecular formula is C12H21N3OS. The predicted molar refractivity (Wildman–Crippen MR) is 70.3 cm³/mol. The molecule has 0 aromatic carbocycles. The van der Waals surface area contributed by atoms with Crippen molar-refractivity contribution in [3.05, 3.63) is 11.7 Å². The summed E-state index contributed by atoms with van der Waals surface area (Å²) in [5, 5.41) is 7.15. The van der Waals surface area contributed by atoms with Crippen LogP contribution in [0.3, 0.4) is 0 Å². The largest absolute Gasteiger partial charge is 0.339 e. The van der Waals surface area contributed by atoms with Gasteiger partial charge in [0.05, 0.1) is 0 Å². The van der Waals surface area contributed by atoms with Gasteiger partial charge >= 0.3 is 0 Å². The number of aryl methyl sites for hydroxylation is 1. The first kappa shape index (κ1) is 12.9. The summed E-state index contributed by atoms with van der Waals surface area (Å²) >= 11 is 2.05. The van der Waals surface area contributed by atoms with E-state index in [2.05, 4.69) is 15.5 Å². The fourth-order valence-electron chi connectivity index (χ4n) is 2.11. The van der Waals surface area contributed by atoms with Crippen molar-refractivity contribution >= 4 is 11.8 Å².